The van der Waals surface area contributed by atoms with Crippen molar-refractivity contribution in [3.63, 3.8) is 0 Å². The van der Waals surface area contributed by atoms with Crippen molar-refractivity contribution >= 4 is 5.78 Å². The van der Waals surface area contributed by atoms with Crippen molar-refractivity contribution in [3.8, 4) is 0 Å². The first-order valence-corrected chi connectivity index (χ1v) is 6.94. The highest BCUT2D eigenvalue weighted by atomic mass is 19.1. The molecule has 0 heterocycles. The SMILES string of the molecule is CCC1CCCCC1C(=O)c1cc(C)ccc1F. The average molecular weight is 248 g/mol. The Labute approximate surface area is 108 Å². The number of carbonyl (C=O) groups is 1. The van der Waals surface area contributed by atoms with Gasteiger partial charge in [-0.15, -0.1) is 0 Å². The average Bonchev–Trinajstić information content (AvgIpc) is 2.40. The van der Waals surface area contributed by atoms with Gasteiger partial charge in [0.2, 0.25) is 0 Å². The molecule has 0 aliphatic heterocycles. The van der Waals surface area contributed by atoms with Crippen molar-refractivity contribution < 1.29 is 9.18 Å². The van der Waals surface area contributed by atoms with E-state index in [1.165, 1.54) is 12.5 Å². The summed E-state index contributed by atoms with van der Waals surface area (Å²) in [6.07, 6.45) is 5.35. The highest BCUT2D eigenvalue weighted by Crippen LogP contribution is 2.35. The molecular formula is C16H21FO. The fraction of sp³-hybridized carbons (Fsp3) is 0.562. The molecule has 0 saturated heterocycles. The van der Waals surface area contributed by atoms with Crippen LogP contribution in [0.25, 0.3) is 0 Å². The van der Waals surface area contributed by atoms with Crippen LogP contribution in [0.4, 0.5) is 4.39 Å². The van der Waals surface area contributed by atoms with E-state index in [1.807, 2.05) is 6.92 Å². The number of hydrogen-bond acceptors (Lipinski definition) is 1. The number of ketones is 1. The monoisotopic (exact) mass is 248 g/mol. The van der Waals surface area contributed by atoms with Crippen LogP contribution in [0.1, 0.15) is 54.9 Å². The van der Waals surface area contributed by atoms with Crippen LogP contribution in [0.5, 0.6) is 0 Å². The zero-order valence-electron chi connectivity index (χ0n) is 11.2. The maximum atomic E-state index is 13.8. The Morgan fingerprint density at radius 1 is 1.33 bits per heavy atom. The number of aryl methyl sites for hydroxylation is 1. The van der Waals surface area contributed by atoms with Crippen LogP contribution in [0, 0.1) is 24.6 Å². The summed E-state index contributed by atoms with van der Waals surface area (Å²) >= 11 is 0. The minimum Gasteiger partial charge on any atom is -0.294 e. The molecule has 18 heavy (non-hydrogen) atoms. The zero-order chi connectivity index (χ0) is 13.1. The summed E-state index contributed by atoms with van der Waals surface area (Å²) in [5.41, 5.74) is 1.24. The van der Waals surface area contributed by atoms with Gasteiger partial charge in [0.05, 0.1) is 5.56 Å². The Hall–Kier alpha value is -1.18. The van der Waals surface area contributed by atoms with Gasteiger partial charge in [0, 0.05) is 5.92 Å². The van der Waals surface area contributed by atoms with Gasteiger partial charge in [0.15, 0.2) is 5.78 Å². The Balaban J connectivity index is 2.26. The molecule has 0 radical (unpaired) electrons. The minimum absolute atomic E-state index is 0.0164. The van der Waals surface area contributed by atoms with Crippen LogP contribution < -0.4 is 0 Å². The van der Waals surface area contributed by atoms with Gasteiger partial charge in [-0.05, 0) is 37.8 Å². The van der Waals surface area contributed by atoms with E-state index in [0.717, 1.165) is 31.2 Å². The zero-order valence-corrected chi connectivity index (χ0v) is 11.2. The Bertz CT molecular complexity index is 439. The second kappa shape index (κ2) is 5.64. The van der Waals surface area contributed by atoms with Gasteiger partial charge in [-0.1, -0.05) is 37.8 Å². The number of carbonyl (C=O) groups excluding carboxylic acids is 1. The summed E-state index contributed by atoms with van der Waals surface area (Å²) in [7, 11) is 0. The summed E-state index contributed by atoms with van der Waals surface area (Å²) in [5, 5.41) is 0. The molecule has 2 unspecified atom stereocenters. The summed E-state index contributed by atoms with van der Waals surface area (Å²) in [6, 6.07) is 4.82. The lowest BCUT2D eigenvalue weighted by atomic mass is 9.74. The Morgan fingerprint density at radius 2 is 2.06 bits per heavy atom. The fourth-order valence-electron chi connectivity index (χ4n) is 3.07. The number of hydrogen-bond donors (Lipinski definition) is 0. The van der Waals surface area contributed by atoms with Crippen LogP contribution in [-0.2, 0) is 0 Å². The normalized spacial score (nSPS) is 23.9. The van der Waals surface area contributed by atoms with E-state index >= 15 is 0 Å². The number of benzene rings is 1. The molecule has 0 N–H and O–H groups in total. The van der Waals surface area contributed by atoms with E-state index in [0.29, 0.717) is 11.5 Å². The van der Waals surface area contributed by atoms with Crippen molar-refractivity contribution in [1.82, 2.24) is 0 Å². The lowest BCUT2D eigenvalue weighted by Gasteiger charge is -2.29. The molecular weight excluding hydrogens is 227 g/mol. The molecule has 2 atom stereocenters. The van der Waals surface area contributed by atoms with Crippen LogP contribution in [-0.4, -0.2) is 5.78 Å². The molecule has 1 saturated carbocycles. The third kappa shape index (κ3) is 2.63. The van der Waals surface area contributed by atoms with Gasteiger partial charge >= 0.3 is 0 Å². The maximum Gasteiger partial charge on any atom is 0.169 e. The van der Waals surface area contributed by atoms with Crippen LogP contribution in [0.2, 0.25) is 0 Å². The number of rotatable bonds is 3. The molecule has 1 aromatic rings. The maximum absolute atomic E-state index is 13.8. The standard InChI is InChI=1S/C16H21FO/c1-3-12-6-4-5-7-13(12)16(18)14-10-11(2)8-9-15(14)17/h8-10,12-13H,3-7H2,1-2H3. The van der Waals surface area contributed by atoms with Crippen molar-refractivity contribution in [2.75, 3.05) is 0 Å². The van der Waals surface area contributed by atoms with Gasteiger partial charge in [-0.25, -0.2) is 4.39 Å². The third-order valence-electron chi connectivity index (χ3n) is 4.16. The van der Waals surface area contributed by atoms with Crippen LogP contribution >= 0.6 is 0 Å². The quantitative estimate of drug-likeness (QED) is 0.718. The van der Waals surface area contributed by atoms with Gasteiger partial charge in [0.25, 0.3) is 0 Å². The van der Waals surface area contributed by atoms with Gasteiger partial charge in [-0.3, -0.25) is 4.79 Å². The molecule has 1 fully saturated rings. The summed E-state index contributed by atoms with van der Waals surface area (Å²) in [6.45, 7) is 4.03. The molecule has 0 spiro atoms. The van der Waals surface area contributed by atoms with E-state index in [1.54, 1.807) is 12.1 Å². The summed E-state index contributed by atoms with van der Waals surface area (Å²) in [4.78, 5) is 12.5. The van der Waals surface area contributed by atoms with Gasteiger partial charge in [0.1, 0.15) is 5.82 Å². The smallest absolute Gasteiger partial charge is 0.169 e. The van der Waals surface area contributed by atoms with Gasteiger partial charge < -0.3 is 0 Å². The van der Waals surface area contributed by atoms with Crippen LogP contribution in [0.15, 0.2) is 18.2 Å². The third-order valence-corrected chi connectivity index (χ3v) is 4.16. The Morgan fingerprint density at radius 3 is 2.78 bits per heavy atom. The highest BCUT2D eigenvalue weighted by molar-refractivity contribution is 5.98. The fourth-order valence-corrected chi connectivity index (χ4v) is 3.07. The van der Waals surface area contributed by atoms with Crippen LogP contribution in [0.3, 0.4) is 0 Å². The molecule has 2 heteroatoms. The van der Waals surface area contributed by atoms with E-state index in [4.69, 9.17) is 0 Å². The van der Waals surface area contributed by atoms with E-state index in [-0.39, 0.29) is 17.5 Å². The summed E-state index contributed by atoms with van der Waals surface area (Å²) < 4.78 is 13.8. The van der Waals surface area contributed by atoms with E-state index in [2.05, 4.69) is 6.92 Å². The number of halogens is 1. The molecule has 1 nitrogen and oxygen atoms in total. The molecule has 2 rings (SSSR count). The predicted molar refractivity (Wildman–Crippen MR) is 71.2 cm³/mol. The van der Waals surface area contributed by atoms with E-state index in [9.17, 15) is 9.18 Å². The molecule has 0 amide bonds. The topological polar surface area (TPSA) is 17.1 Å². The van der Waals surface area contributed by atoms with Crippen molar-refractivity contribution in [1.29, 1.82) is 0 Å². The first-order chi connectivity index (χ1) is 8.63. The predicted octanol–water partition coefficient (Wildman–Crippen LogP) is 4.53. The molecule has 1 aromatic carbocycles. The van der Waals surface area contributed by atoms with E-state index < -0.39 is 0 Å². The molecule has 1 aliphatic rings. The minimum atomic E-state index is -0.369. The molecule has 1 aliphatic carbocycles. The second-order valence-corrected chi connectivity index (χ2v) is 5.41. The second-order valence-electron chi connectivity index (χ2n) is 5.41. The lowest BCUT2D eigenvalue weighted by Crippen LogP contribution is -2.27. The largest absolute Gasteiger partial charge is 0.294 e. The van der Waals surface area contributed by atoms with Gasteiger partial charge in [-0.2, -0.15) is 0 Å². The molecule has 0 aromatic heterocycles. The van der Waals surface area contributed by atoms with Crippen molar-refractivity contribution in [2.45, 2.75) is 46.0 Å². The lowest BCUT2D eigenvalue weighted by molar-refractivity contribution is 0.0816. The molecule has 0 bridgehead atoms. The Kier molecular flexibility index (Phi) is 4.15. The van der Waals surface area contributed by atoms with Crippen molar-refractivity contribution in [3.05, 3.63) is 35.1 Å². The first kappa shape index (κ1) is 13.3. The van der Waals surface area contributed by atoms with Crippen molar-refractivity contribution in [2.24, 2.45) is 11.8 Å². The summed E-state index contributed by atoms with van der Waals surface area (Å²) in [5.74, 6) is 0.111. The highest BCUT2D eigenvalue weighted by Gasteiger charge is 2.31. The first-order valence-electron chi connectivity index (χ1n) is 6.94. The number of Topliss-reactive ketones (excluding diaryl/α,β-unsaturated/α-hetero) is 1. The molecule has 98 valence electrons.